The van der Waals surface area contributed by atoms with E-state index >= 15 is 0 Å². The smallest absolute Gasteiger partial charge is 0.378 e. The van der Waals surface area contributed by atoms with Crippen LogP contribution >= 0.6 is 11.3 Å². The first-order valence-corrected chi connectivity index (χ1v) is 9.87. The summed E-state index contributed by atoms with van der Waals surface area (Å²) >= 11 is 1.49. The minimum absolute atomic E-state index is 0.146. The average molecular weight is 413 g/mol. The molecule has 1 aliphatic heterocycles. The molecular weight excluding hydrogens is 391 g/mol. The molecule has 1 N–H and O–H groups in total. The maximum atomic E-state index is 12.7. The third-order valence-corrected chi connectivity index (χ3v) is 5.65. The zero-order valence-electron chi connectivity index (χ0n) is 15.5. The third-order valence-electron chi connectivity index (χ3n) is 4.78. The van der Waals surface area contributed by atoms with Crippen LogP contribution in [0.25, 0.3) is 0 Å². The summed E-state index contributed by atoms with van der Waals surface area (Å²) in [6.07, 6.45) is -2.86. The summed E-state index contributed by atoms with van der Waals surface area (Å²) in [5, 5.41) is 5.63. The molecule has 2 aromatic rings. The molecule has 0 saturated carbocycles. The molecule has 28 heavy (non-hydrogen) atoms. The number of piperidine rings is 1. The van der Waals surface area contributed by atoms with Crippen LogP contribution in [0.2, 0.25) is 0 Å². The van der Waals surface area contributed by atoms with Gasteiger partial charge in [0.1, 0.15) is 5.01 Å². The van der Waals surface area contributed by atoms with Crippen molar-refractivity contribution in [1.82, 2.24) is 15.2 Å². The van der Waals surface area contributed by atoms with Crippen molar-refractivity contribution in [2.45, 2.75) is 38.1 Å². The minimum Gasteiger partial charge on any atom is -0.378 e. The normalized spacial score (nSPS) is 15.6. The Kier molecular flexibility index (Phi) is 6.56. The predicted molar refractivity (Wildman–Crippen MR) is 100 cm³/mol. The van der Waals surface area contributed by atoms with Gasteiger partial charge in [-0.3, -0.25) is 0 Å². The summed E-state index contributed by atoms with van der Waals surface area (Å²) < 4.78 is 43.1. The first kappa shape index (κ1) is 20.6. The molecule has 0 bridgehead atoms. The number of halogens is 3. The Morgan fingerprint density at radius 2 is 1.96 bits per heavy atom. The summed E-state index contributed by atoms with van der Waals surface area (Å²) in [7, 11) is 1.61. The van der Waals surface area contributed by atoms with Crippen LogP contribution < -0.4 is 5.32 Å². The van der Waals surface area contributed by atoms with Crippen molar-refractivity contribution in [3.05, 3.63) is 51.5 Å². The maximum Gasteiger partial charge on any atom is 0.416 e. The van der Waals surface area contributed by atoms with Crippen LogP contribution in [0.4, 0.5) is 18.0 Å². The lowest BCUT2D eigenvalue weighted by molar-refractivity contribution is -0.137. The molecule has 2 heterocycles. The zero-order valence-corrected chi connectivity index (χ0v) is 16.3. The van der Waals surface area contributed by atoms with E-state index in [1.807, 2.05) is 5.38 Å². The van der Waals surface area contributed by atoms with Gasteiger partial charge in [-0.05, 0) is 36.5 Å². The number of hydrogen-bond acceptors (Lipinski definition) is 4. The van der Waals surface area contributed by atoms with Gasteiger partial charge in [-0.1, -0.05) is 12.1 Å². The number of hydrogen-bond donors (Lipinski definition) is 1. The Morgan fingerprint density at radius 1 is 1.29 bits per heavy atom. The molecule has 0 atom stereocenters. The Hall–Kier alpha value is -2.13. The van der Waals surface area contributed by atoms with Crippen LogP contribution in [0.5, 0.6) is 0 Å². The van der Waals surface area contributed by atoms with E-state index in [2.05, 4.69) is 10.3 Å². The number of thiazole rings is 1. The first-order valence-electron chi connectivity index (χ1n) is 8.99. The van der Waals surface area contributed by atoms with Gasteiger partial charge in [0.05, 0.1) is 24.4 Å². The van der Waals surface area contributed by atoms with Crippen LogP contribution in [-0.4, -0.2) is 36.1 Å². The van der Waals surface area contributed by atoms with Crippen molar-refractivity contribution < 1.29 is 22.7 Å². The number of urea groups is 1. The molecule has 0 unspecified atom stereocenters. The van der Waals surface area contributed by atoms with Crippen molar-refractivity contribution in [2.24, 2.45) is 0 Å². The number of amides is 2. The number of methoxy groups -OCH3 is 1. The molecule has 1 aliphatic rings. The SMILES string of the molecule is COCc1nc(CNC(=O)N2CCC(c3ccc(C(F)(F)F)cc3)CC2)cs1. The molecule has 0 spiro atoms. The van der Waals surface area contributed by atoms with Gasteiger partial charge in [0.25, 0.3) is 0 Å². The molecular formula is C19H22F3N3O2S. The van der Waals surface area contributed by atoms with Gasteiger partial charge in [0, 0.05) is 25.6 Å². The lowest BCUT2D eigenvalue weighted by atomic mass is 9.89. The fourth-order valence-electron chi connectivity index (χ4n) is 3.26. The topological polar surface area (TPSA) is 54.5 Å². The fraction of sp³-hybridized carbons (Fsp3) is 0.474. The summed E-state index contributed by atoms with van der Waals surface area (Å²) in [5.74, 6) is 0.168. The number of rotatable bonds is 5. The van der Waals surface area contributed by atoms with Crippen LogP contribution in [0.3, 0.4) is 0 Å². The van der Waals surface area contributed by atoms with E-state index in [1.165, 1.54) is 11.3 Å². The van der Waals surface area contributed by atoms with E-state index in [0.717, 1.165) is 41.2 Å². The number of carbonyl (C=O) groups excluding carboxylic acids is 1. The van der Waals surface area contributed by atoms with Gasteiger partial charge in [0.15, 0.2) is 0 Å². The van der Waals surface area contributed by atoms with E-state index in [0.29, 0.717) is 26.2 Å². The minimum atomic E-state index is -4.32. The first-order chi connectivity index (χ1) is 13.4. The highest BCUT2D eigenvalue weighted by Gasteiger charge is 2.30. The average Bonchev–Trinajstić information content (AvgIpc) is 3.13. The number of nitrogens with zero attached hydrogens (tertiary/aromatic N) is 2. The van der Waals surface area contributed by atoms with Crippen LogP contribution in [0.15, 0.2) is 29.6 Å². The number of benzene rings is 1. The van der Waals surface area contributed by atoms with Crippen molar-refractivity contribution >= 4 is 17.4 Å². The summed E-state index contributed by atoms with van der Waals surface area (Å²) in [4.78, 5) is 18.5. The molecule has 0 aliphatic carbocycles. The number of aromatic nitrogens is 1. The lowest BCUT2D eigenvalue weighted by Crippen LogP contribution is -2.43. The van der Waals surface area contributed by atoms with Crippen molar-refractivity contribution in [2.75, 3.05) is 20.2 Å². The van der Waals surface area contributed by atoms with E-state index in [-0.39, 0.29) is 11.9 Å². The second-order valence-electron chi connectivity index (χ2n) is 6.71. The molecule has 152 valence electrons. The van der Waals surface area contributed by atoms with Crippen LogP contribution in [0.1, 0.15) is 40.6 Å². The van der Waals surface area contributed by atoms with Crippen LogP contribution in [-0.2, 0) is 24.1 Å². The molecule has 0 radical (unpaired) electrons. The summed E-state index contributed by atoms with van der Waals surface area (Å²) in [5.41, 5.74) is 1.05. The molecule has 3 rings (SSSR count). The molecule has 1 fully saturated rings. The summed E-state index contributed by atoms with van der Waals surface area (Å²) in [6, 6.07) is 5.19. The number of alkyl halides is 3. The van der Waals surface area contributed by atoms with Gasteiger partial charge in [0.2, 0.25) is 0 Å². The highest BCUT2D eigenvalue weighted by Crippen LogP contribution is 2.32. The van der Waals surface area contributed by atoms with Crippen molar-refractivity contribution in [1.29, 1.82) is 0 Å². The van der Waals surface area contributed by atoms with Crippen molar-refractivity contribution in [3.8, 4) is 0 Å². The second-order valence-corrected chi connectivity index (χ2v) is 7.65. The Morgan fingerprint density at radius 3 is 2.57 bits per heavy atom. The monoisotopic (exact) mass is 413 g/mol. The van der Waals surface area contributed by atoms with Gasteiger partial charge in [-0.15, -0.1) is 11.3 Å². The Balaban J connectivity index is 1.47. The predicted octanol–water partition coefficient (Wildman–Crippen LogP) is 4.40. The van der Waals surface area contributed by atoms with E-state index in [4.69, 9.17) is 4.74 Å². The number of likely N-dealkylation sites (tertiary alicyclic amines) is 1. The van der Waals surface area contributed by atoms with Gasteiger partial charge >= 0.3 is 12.2 Å². The molecule has 9 heteroatoms. The standard InChI is InChI=1S/C19H22F3N3O2S/c1-27-11-17-24-16(12-28-17)10-23-18(26)25-8-6-14(7-9-25)13-2-4-15(5-3-13)19(20,21)22/h2-5,12,14H,6-11H2,1H3,(H,23,26). The maximum absolute atomic E-state index is 12.7. The van der Waals surface area contributed by atoms with Gasteiger partial charge in [-0.2, -0.15) is 13.2 Å². The lowest BCUT2D eigenvalue weighted by Gasteiger charge is -2.32. The fourth-order valence-corrected chi connectivity index (χ4v) is 4.02. The van der Waals surface area contributed by atoms with E-state index in [1.54, 1.807) is 24.1 Å². The third kappa shape index (κ3) is 5.23. The molecule has 2 amide bonds. The largest absolute Gasteiger partial charge is 0.416 e. The van der Waals surface area contributed by atoms with E-state index < -0.39 is 11.7 Å². The van der Waals surface area contributed by atoms with E-state index in [9.17, 15) is 18.0 Å². The van der Waals surface area contributed by atoms with Crippen LogP contribution in [0, 0.1) is 0 Å². The number of ether oxygens (including phenoxy) is 1. The summed E-state index contributed by atoms with van der Waals surface area (Å²) in [6.45, 7) is 1.96. The molecule has 1 saturated heterocycles. The number of nitrogens with one attached hydrogen (secondary N) is 1. The highest BCUT2D eigenvalue weighted by atomic mass is 32.1. The van der Waals surface area contributed by atoms with Gasteiger partial charge < -0.3 is 15.0 Å². The Bertz CT molecular complexity index is 784. The number of carbonyl (C=O) groups is 1. The zero-order chi connectivity index (χ0) is 20.1. The second kappa shape index (κ2) is 8.91. The Labute approximate surface area is 165 Å². The van der Waals surface area contributed by atoms with Crippen molar-refractivity contribution in [3.63, 3.8) is 0 Å². The highest BCUT2D eigenvalue weighted by molar-refractivity contribution is 7.09. The quantitative estimate of drug-likeness (QED) is 0.791. The molecule has 1 aromatic carbocycles. The molecule has 5 nitrogen and oxygen atoms in total. The molecule has 1 aromatic heterocycles. The van der Waals surface area contributed by atoms with Gasteiger partial charge in [-0.25, -0.2) is 9.78 Å².